The number of carbonyl (C=O) groups is 1. The van der Waals surface area contributed by atoms with Gasteiger partial charge in [0.1, 0.15) is 0 Å². The van der Waals surface area contributed by atoms with Gasteiger partial charge in [0.2, 0.25) is 5.91 Å². The number of hydrogen-bond donors (Lipinski definition) is 2. The molecular formula is C12H17N5O. The first-order chi connectivity index (χ1) is 8.63. The molecule has 1 amide bonds. The molecule has 0 aliphatic carbocycles. The molecule has 6 heteroatoms. The average Bonchev–Trinajstić information content (AvgIpc) is 2.84. The summed E-state index contributed by atoms with van der Waals surface area (Å²) in [4.78, 5) is 21.2. The lowest BCUT2D eigenvalue weighted by atomic mass is 10.0. The molecule has 1 aliphatic rings. The minimum absolute atomic E-state index is 0.0198. The van der Waals surface area contributed by atoms with Gasteiger partial charge in [-0.15, -0.1) is 0 Å². The summed E-state index contributed by atoms with van der Waals surface area (Å²) < 4.78 is 0. The van der Waals surface area contributed by atoms with E-state index in [0.717, 1.165) is 11.4 Å². The van der Waals surface area contributed by atoms with E-state index in [0.29, 0.717) is 19.4 Å². The van der Waals surface area contributed by atoms with Gasteiger partial charge in [-0.1, -0.05) is 0 Å². The number of aromatic amines is 1. The smallest absolute Gasteiger partial charge is 0.240 e. The van der Waals surface area contributed by atoms with Crippen LogP contribution in [0.1, 0.15) is 24.7 Å². The second kappa shape index (κ2) is 5.19. The van der Waals surface area contributed by atoms with Gasteiger partial charge < -0.3 is 9.88 Å². The van der Waals surface area contributed by atoms with Crippen LogP contribution < -0.4 is 5.32 Å². The SMILES string of the molecule is CC(CC#N)N(C)C(=O)C1Cc2nc[nH]c2CN1. The van der Waals surface area contributed by atoms with Crippen LogP contribution in [0.15, 0.2) is 6.33 Å². The van der Waals surface area contributed by atoms with Crippen LogP contribution in [0.25, 0.3) is 0 Å². The molecule has 96 valence electrons. The van der Waals surface area contributed by atoms with Crippen LogP contribution in [0.2, 0.25) is 0 Å². The van der Waals surface area contributed by atoms with E-state index in [2.05, 4.69) is 21.4 Å². The van der Waals surface area contributed by atoms with Gasteiger partial charge >= 0.3 is 0 Å². The van der Waals surface area contributed by atoms with E-state index in [-0.39, 0.29) is 18.0 Å². The molecule has 2 rings (SSSR count). The molecule has 2 unspecified atom stereocenters. The van der Waals surface area contributed by atoms with E-state index in [9.17, 15) is 4.79 Å². The molecule has 0 spiro atoms. The van der Waals surface area contributed by atoms with E-state index in [4.69, 9.17) is 5.26 Å². The lowest BCUT2D eigenvalue weighted by molar-refractivity contribution is -0.134. The van der Waals surface area contributed by atoms with Crippen molar-refractivity contribution in [2.45, 2.75) is 38.4 Å². The van der Waals surface area contributed by atoms with E-state index < -0.39 is 0 Å². The lowest BCUT2D eigenvalue weighted by Gasteiger charge is -2.30. The highest BCUT2D eigenvalue weighted by Gasteiger charge is 2.29. The highest BCUT2D eigenvalue weighted by Crippen LogP contribution is 2.14. The van der Waals surface area contributed by atoms with Crippen LogP contribution in [0.3, 0.4) is 0 Å². The molecular weight excluding hydrogens is 230 g/mol. The molecule has 0 aromatic carbocycles. The van der Waals surface area contributed by atoms with Gasteiger partial charge in [0.05, 0.1) is 36.2 Å². The first-order valence-corrected chi connectivity index (χ1v) is 6.01. The summed E-state index contributed by atoms with van der Waals surface area (Å²) >= 11 is 0. The first-order valence-electron chi connectivity index (χ1n) is 6.01. The fourth-order valence-electron chi connectivity index (χ4n) is 2.08. The third-order valence-electron chi connectivity index (χ3n) is 3.42. The Hall–Kier alpha value is -1.87. The molecule has 2 atom stereocenters. The number of nitriles is 1. The normalized spacial score (nSPS) is 19.7. The molecule has 0 bridgehead atoms. The van der Waals surface area contributed by atoms with Crippen LogP contribution in [-0.2, 0) is 17.8 Å². The topological polar surface area (TPSA) is 84.8 Å². The van der Waals surface area contributed by atoms with E-state index in [1.165, 1.54) is 0 Å². The van der Waals surface area contributed by atoms with Crippen molar-refractivity contribution >= 4 is 5.91 Å². The van der Waals surface area contributed by atoms with Crippen LogP contribution in [0.5, 0.6) is 0 Å². The summed E-state index contributed by atoms with van der Waals surface area (Å²) in [5.41, 5.74) is 2.00. The number of likely N-dealkylation sites (N-methyl/N-ethyl adjacent to an activating group) is 1. The largest absolute Gasteiger partial charge is 0.347 e. The first kappa shape index (κ1) is 12.6. The maximum Gasteiger partial charge on any atom is 0.240 e. The Kier molecular flexibility index (Phi) is 3.63. The zero-order valence-corrected chi connectivity index (χ0v) is 10.6. The molecule has 1 aromatic heterocycles. The van der Waals surface area contributed by atoms with Crippen molar-refractivity contribution in [2.24, 2.45) is 0 Å². The molecule has 0 saturated carbocycles. The van der Waals surface area contributed by atoms with Gasteiger partial charge in [-0.3, -0.25) is 10.1 Å². The quantitative estimate of drug-likeness (QED) is 0.798. The molecule has 6 nitrogen and oxygen atoms in total. The number of hydrogen-bond acceptors (Lipinski definition) is 4. The van der Waals surface area contributed by atoms with Crippen molar-refractivity contribution in [1.82, 2.24) is 20.2 Å². The lowest BCUT2D eigenvalue weighted by Crippen LogP contribution is -2.50. The second-order valence-corrected chi connectivity index (χ2v) is 4.63. The Morgan fingerprint density at radius 3 is 3.28 bits per heavy atom. The minimum Gasteiger partial charge on any atom is -0.347 e. The van der Waals surface area contributed by atoms with Gasteiger partial charge in [0.15, 0.2) is 0 Å². The van der Waals surface area contributed by atoms with E-state index in [1.807, 2.05) is 6.92 Å². The third kappa shape index (κ3) is 2.36. The summed E-state index contributed by atoms with van der Waals surface area (Å²) in [6, 6.07) is 1.78. The van der Waals surface area contributed by atoms with Gasteiger partial charge in [-0.2, -0.15) is 5.26 Å². The molecule has 2 heterocycles. The van der Waals surface area contributed by atoms with Crippen molar-refractivity contribution in [3.05, 3.63) is 17.7 Å². The van der Waals surface area contributed by atoms with E-state index >= 15 is 0 Å². The molecule has 18 heavy (non-hydrogen) atoms. The highest BCUT2D eigenvalue weighted by atomic mass is 16.2. The Labute approximate surface area is 106 Å². The van der Waals surface area contributed by atoms with Gasteiger partial charge in [0.25, 0.3) is 0 Å². The summed E-state index contributed by atoms with van der Waals surface area (Å²) in [6.45, 7) is 2.51. The number of imidazole rings is 1. The van der Waals surface area contributed by atoms with Crippen molar-refractivity contribution in [3.8, 4) is 6.07 Å². The highest BCUT2D eigenvalue weighted by molar-refractivity contribution is 5.82. The predicted octanol–water partition coefficient (Wildman–Crippen LogP) is 0.185. The third-order valence-corrected chi connectivity index (χ3v) is 3.42. The monoisotopic (exact) mass is 247 g/mol. The number of H-pyrrole nitrogens is 1. The number of nitrogens with zero attached hydrogens (tertiary/aromatic N) is 3. The summed E-state index contributed by atoms with van der Waals surface area (Å²) in [5.74, 6) is 0.0198. The summed E-state index contributed by atoms with van der Waals surface area (Å²) in [7, 11) is 1.74. The van der Waals surface area contributed by atoms with Gasteiger partial charge in [0, 0.05) is 26.1 Å². The van der Waals surface area contributed by atoms with E-state index in [1.54, 1.807) is 18.3 Å². The maximum atomic E-state index is 12.3. The molecule has 1 aromatic rings. The van der Waals surface area contributed by atoms with Crippen molar-refractivity contribution < 1.29 is 4.79 Å². The zero-order valence-electron chi connectivity index (χ0n) is 10.6. The zero-order chi connectivity index (χ0) is 13.1. The van der Waals surface area contributed by atoms with Crippen LogP contribution >= 0.6 is 0 Å². The van der Waals surface area contributed by atoms with Gasteiger partial charge in [-0.05, 0) is 6.92 Å². The van der Waals surface area contributed by atoms with Crippen LogP contribution in [0.4, 0.5) is 0 Å². The Balaban J connectivity index is 2.01. The summed E-state index contributed by atoms with van der Waals surface area (Å²) in [6.07, 6.45) is 2.60. The standard InChI is InChI=1S/C12H17N5O/c1-8(3-4-13)17(2)12(18)10-5-9-11(6-14-10)16-7-15-9/h7-8,10,14H,3,5-6H2,1-2H3,(H,15,16). The number of nitrogens with one attached hydrogen (secondary N) is 2. The molecule has 0 fully saturated rings. The predicted molar refractivity (Wildman–Crippen MR) is 65.4 cm³/mol. The fraction of sp³-hybridized carbons (Fsp3) is 0.583. The number of aromatic nitrogens is 2. The Morgan fingerprint density at radius 2 is 2.56 bits per heavy atom. The van der Waals surface area contributed by atoms with Crippen LogP contribution in [-0.4, -0.2) is 39.9 Å². The number of amides is 1. The number of carbonyl (C=O) groups excluding carboxylic acids is 1. The maximum absolute atomic E-state index is 12.3. The number of rotatable bonds is 3. The van der Waals surface area contributed by atoms with Crippen molar-refractivity contribution in [1.29, 1.82) is 5.26 Å². The minimum atomic E-state index is -0.244. The molecule has 2 N–H and O–H groups in total. The molecule has 1 aliphatic heterocycles. The van der Waals surface area contributed by atoms with Crippen LogP contribution in [0, 0.1) is 11.3 Å². The van der Waals surface area contributed by atoms with Crippen molar-refractivity contribution in [3.63, 3.8) is 0 Å². The Morgan fingerprint density at radius 1 is 1.78 bits per heavy atom. The summed E-state index contributed by atoms with van der Waals surface area (Å²) in [5, 5.41) is 11.9. The second-order valence-electron chi connectivity index (χ2n) is 4.63. The van der Waals surface area contributed by atoms with Gasteiger partial charge in [-0.25, -0.2) is 4.98 Å². The average molecular weight is 247 g/mol. The fourth-order valence-corrected chi connectivity index (χ4v) is 2.08. The molecule has 0 radical (unpaired) electrons. The Bertz CT molecular complexity index is 475. The van der Waals surface area contributed by atoms with Crippen molar-refractivity contribution in [2.75, 3.05) is 7.05 Å². The molecule has 0 saturated heterocycles. The number of fused-ring (bicyclic) bond motifs is 1.